The van der Waals surface area contributed by atoms with Gasteiger partial charge in [0.15, 0.2) is 0 Å². The van der Waals surface area contributed by atoms with Crippen LogP contribution in [0.1, 0.15) is 19.8 Å². The molecule has 0 spiro atoms. The van der Waals surface area contributed by atoms with Crippen LogP contribution >= 0.6 is 0 Å². The molecule has 0 bridgehead atoms. The van der Waals surface area contributed by atoms with E-state index in [1.807, 2.05) is 37.4 Å². The summed E-state index contributed by atoms with van der Waals surface area (Å²) in [5.41, 5.74) is 6.49. The molecule has 1 aliphatic heterocycles. The number of anilines is 1. The zero-order chi connectivity index (χ0) is 18.4. The second-order valence-corrected chi connectivity index (χ2v) is 6.33. The summed E-state index contributed by atoms with van der Waals surface area (Å²) in [4.78, 5) is 40.8. The molecule has 25 heavy (non-hydrogen) atoms. The Morgan fingerprint density at radius 1 is 1.20 bits per heavy atom. The van der Waals surface area contributed by atoms with Gasteiger partial charge in [-0.05, 0) is 18.6 Å². The number of nitrogens with two attached hydrogens (primary N) is 1. The predicted octanol–water partition coefficient (Wildman–Crippen LogP) is 0.448. The van der Waals surface area contributed by atoms with E-state index in [2.05, 4.69) is 4.90 Å². The van der Waals surface area contributed by atoms with Gasteiger partial charge in [-0.25, -0.2) is 0 Å². The van der Waals surface area contributed by atoms with Gasteiger partial charge in [-0.3, -0.25) is 14.4 Å². The minimum Gasteiger partial charge on any atom is -0.375 e. The Morgan fingerprint density at radius 3 is 2.48 bits per heavy atom. The number of piperazine rings is 1. The largest absolute Gasteiger partial charge is 0.375 e. The molecule has 0 radical (unpaired) electrons. The Balaban J connectivity index is 1.83. The van der Waals surface area contributed by atoms with Gasteiger partial charge in [0, 0.05) is 45.7 Å². The average molecular weight is 346 g/mol. The number of carbonyl (C=O) groups excluding carboxylic acids is 3. The molecule has 1 heterocycles. The number of benzene rings is 1. The van der Waals surface area contributed by atoms with E-state index in [-0.39, 0.29) is 18.4 Å². The van der Waals surface area contributed by atoms with E-state index in [9.17, 15) is 14.4 Å². The molecule has 0 aromatic heterocycles. The number of nitrogens with zero attached hydrogens (tertiary/aromatic N) is 3. The lowest BCUT2D eigenvalue weighted by molar-refractivity contribution is -0.146. The van der Waals surface area contributed by atoms with Crippen molar-refractivity contribution in [2.24, 2.45) is 5.73 Å². The molecule has 0 unspecified atom stereocenters. The molecular formula is C18H26N4O3. The molecule has 1 fully saturated rings. The van der Waals surface area contributed by atoms with Crippen molar-refractivity contribution < 1.29 is 14.4 Å². The van der Waals surface area contributed by atoms with Crippen molar-refractivity contribution in [1.29, 1.82) is 0 Å². The average Bonchev–Trinajstić information content (AvgIpc) is 2.61. The van der Waals surface area contributed by atoms with Gasteiger partial charge in [-0.15, -0.1) is 0 Å². The Hall–Kier alpha value is -2.57. The van der Waals surface area contributed by atoms with Gasteiger partial charge in [0.25, 0.3) is 0 Å². The summed E-state index contributed by atoms with van der Waals surface area (Å²) in [6.07, 6.45) is 1.13. The van der Waals surface area contributed by atoms with Crippen molar-refractivity contribution in [1.82, 2.24) is 9.80 Å². The summed E-state index contributed by atoms with van der Waals surface area (Å²) in [6, 6.07) is 9.25. The van der Waals surface area contributed by atoms with Gasteiger partial charge in [0.05, 0.1) is 6.54 Å². The number of amides is 3. The van der Waals surface area contributed by atoms with Gasteiger partial charge < -0.3 is 20.4 Å². The highest BCUT2D eigenvalue weighted by molar-refractivity contribution is 5.87. The number of carbonyl (C=O) groups is 3. The van der Waals surface area contributed by atoms with Crippen molar-refractivity contribution in [2.75, 3.05) is 38.1 Å². The molecule has 136 valence electrons. The number of primary amides is 1. The smallest absolute Gasteiger partial charge is 0.242 e. The quantitative estimate of drug-likeness (QED) is 0.810. The Labute approximate surface area is 148 Å². The van der Waals surface area contributed by atoms with Gasteiger partial charge in [-0.1, -0.05) is 18.2 Å². The van der Waals surface area contributed by atoms with Crippen molar-refractivity contribution in [3.63, 3.8) is 0 Å². The lowest BCUT2D eigenvalue weighted by atomic mass is 10.1. The van der Waals surface area contributed by atoms with Crippen LogP contribution in [0, 0.1) is 0 Å². The molecule has 0 aliphatic carbocycles. The minimum atomic E-state index is -0.734. The summed E-state index contributed by atoms with van der Waals surface area (Å²) in [6.45, 7) is 3.15. The van der Waals surface area contributed by atoms with E-state index < -0.39 is 11.9 Å². The van der Waals surface area contributed by atoms with E-state index in [4.69, 9.17) is 5.73 Å². The van der Waals surface area contributed by atoms with E-state index in [0.29, 0.717) is 19.5 Å². The second-order valence-electron chi connectivity index (χ2n) is 6.33. The van der Waals surface area contributed by atoms with Crippen LogP contribution < -0.4 is 10.6 Å². The molecule has 7 nitrogen and oxygen atoms in total. The summed E-state index contributed by atoms with van der Waals surface area (Å²) < 4.78 is 0. The van der Waals surface area contributed by atoms with Crippen LogP contribution in [0.3, 0.4) is 0 Å². The van der Waals surface area contributed by atoms with Crippen LogP contribution in [0.5, 0.6) is 0 Å². The van der Waals surface area contributed by atoms with Crippen LogP contribution in [0.15, 0.2) is 30.3 Å². The van der Waals surface area contributed by atoms with Crippen molar-refractivity contribution in [3.8, 4) is 0 Å². The fourth-order valence-electron chi connectivity index (χ4n) is 3.07. The van der Waals surface area contributed by atoms with Crippen molar-refractivity contribution >= 4 is 23.4 Å². The molecule has 1 saturated heterocycles. The van der Waals surface area contributed by atoms with Crippen LogP contribution in [0.2, 0.25) is 0 Å². The molecule has 1 atom stereocenters. The zero-order valence-electron chi connectivity index (χ0n) is 14.9. The predicted molar refractivity (Wildman–Crippen MR) is 95.9 cm³/mol. The molecular weight excluding hydrogens is 320 g/mol. The maximum atomic E-state index is 12.4. The van der Waals surface area contributed by atoms with Crippen LogP contribution in [-0.2, 0) is 14.4 Å². The molecule has 1 aromatic rings. The fraction of sp³-hybridized carbons (Fsp3) is 0.500. The van der Waals surface area contributed by atoms with E-state index in [1.54, 1.807) is 4.90 Å². The summed E-state index contributed by atoms with van der Waals surface area (Å²) in [5.74, 6) is -0.771. The molecule has 0 saturated carbocycles. The highest BCUT2D eigenvalue weighted by atomic mass is 16.2. The van der Waals surface area contributed by atoms with Crippen molar-refractivity contribution in [2.45, 2.75) is 25.8 Å². The van der Waals surface area contributed by atoms with Crippen LogP contribution in [-0.4, -0.2) is 66.8 Å². The Kier molecular flexibility index (Phi) is 6.38. The maximum Gasteiger partial charge on any atom is 0.242 e. The highest BCUT2D eigenvalue weighted by Crippen LogP contribution is 2.14. The SMILES string of the molecule is CC(=O)N1CCN(C(=O)CCCN(C)c2ccccc2)C[C@@H]1C(N)=O. The molecule has 2 N–H and O–H groups in total. The molecule has 7 heteroatoms. The van der Waals surface area contributed by atoms with Gasteiger partial charge >= 0.3 is 0 Å². The third-order valence-corrected chi connectivity index (χ3v) is 4.55. The lowest BCUT2D eigenvalue weighted by Gasteiger charge is -2.39. The third-order valence-electron chi connectivity index (χ3n) is 4.55. The van der Waals surface area contributed by atoms with Gasteiger partial charge in [-0.2, -0.15) is 0 Å². The van der Waals surface area contributed by atoms with Crippen LogP contribution in [0.4, 0.5) is 5.69 Å². The standard InChI is InChI=1S/C18H26N4O3/c1-14(23)22-12-11-21(13-16(22)18(19)25)17(24)9-6-10-20(2)15-7-4-3-5-8-15/h3-5,7-8,16H,6,9-13H2,1-2H3,(H2,19,25)/t16-/m1/s1. The number of hydrogen-bond acceptors (Lipinski definition) is 4. The number of hydrogen-bond donors (Lipinski definition) is 1. The fourth-order valence-corrected chi connectivity index (χ4v) is 3.07. The first-order valence-electron chi connectivity index (χ1n) is 8.50. The zero-order valence-corrected chi connectivity index (χ0v) is 14.9. The molecule has 3 amide bonds. The van der Waals surface area contributed by atoms with Crippen molar-refractivity contribution in [3.05, 3.63) is 30.3 Å². The minimum absolute atomic E-state index is 0.00378. The van der Waals surface area contributed by atoms with Gasteiger partial charge in [0.2, 0.25) is 17.7 Å². The molecule has 2 rings (SSSR count). The topological polar surface area (TPSA) is 87.0 Å². The lowest BCUT2D eigenvalue weighted by Crippen LogP contribution is -2.60. The number of para-hydroxylation sites is 1. The molecule has 1 aromatic carbocycles. The normalized spacial score (nSPS) is 17.3. The third kappa shape index (κ3) is 4.95. The first kappa shape index (κ1) is 18.8. The monoisotopic (exact) mass is 346 g/mol. The Bertz CT molecular complexity index is 620. The number of rotatable bonds is 6. The van der Waals surface area contributed by atoms with E-state index >= 15 is 0 Å². The van der Waals surface area contributed by atoms with Crippen LogP contribution in [0.25, 0.3) is 0 Å². The summed E-state index contributed by atoms with van der Waals surface area (Å²) in [7, 11) is 1.99. The molecule has 1 aliphatic rings. The summed E-state index contributed by atoms with van der Waals surface area (Å²) >= 11 is 0. The first-order chi connectivity index (χ1) is 11.9. The Morgan fingerprint density at radius 2 is 1.88 bits per heavy atom. The second kappa shape index (κ2) is 8.50. The van der Waals surface area contributed by atoms with E-state index in [1.165, 1.54) is 11.8 Å². The summed E-state index contributed by atoms with van der Waals surface area (Å²) in [5, 5.41) is 0. The highest BCUT2D eigenvalue weighted by Gasteiger charge is 2.34. The maximum absolute atomic E-state index is 12.4. The first-order valence-corrected chi connectivity index (χ1v) is 8.50. The van der Waals surface area contributed by atoms with Gasteiger partial charge in [0.1, 0.15) is 6.04 Å². The van der Waals surface area contributed by atoms with E-state index in [0.717, 1.165) is 18.7 Å².